The van der Waals surface area contributed by atoms with Gasteiger partial charge in [0.15, 0.2) is 0 Å². The zero-order chi connectivity index (χ0) is 15.4. The van der Waals surface area contributed by atoms with E-state index in [1.54, 1.807) is 13.8 Å². The van der Waals surface area contributed by atoms with Crippen LogP contribution in [0.1, 0.15) is 34.6 Å². The van der Waals surface area contributed by atoms with Crippen LogP contribution >= 0.6 is 11.3 Å². The van der Waals surface area contributed by atoms with Crippen LogP contribution in [0.5, 0.6) is 0 Å². The van der Waals surface area contributed by atoms with Crippen molar-refractivity contribution in [3.05, 3.63) is 16.0 Å². The number of aliphatic hydroxyl groups is 1. The molecular formula is C13H20N2O4S. The van der Waals surface area contributed by atoms with Crippen LogP contribution in [0.2, 0.25) is 0 Å². The summed E-state index contributed by atoms with van der Waals surface area (Å²) in [6, 6.07) is -0.520. The van der Waals surface area contributed by atoms with E-state index in [1.807, 2.05) is 13.8 Å². The summed E-state index contributed by atoms with van der Waals surface area (Å²) < 4.78 is 0. The van der Waals surface area contributed by atoms with Crippen LogP contribution in [0.25, 0.3) is 0 Å². The molecule has 2 amide bonds. The van der Waals surface area contributed by atoms with Gasteiger partial charge in [0, 0.05) is 11.4 Å². The Balaban J connectivity index is 2.72. The molecule has 1 aromatic rings. The number of carboxylic acids is 1. The highest BCUT2D eigenvalue weighted by Gasteiger charge is 2.20. The van der Waals surface area contributed by atoms with Gasteiger partial charge in [-0.1, -0.05) is 13.8 Å². The minimum atomic E-state index is -1.07. The number of hydrogen-bond acceptors (Lipinski definition) is 4. The summed E-state index contributed by atoms with van der Waals surface area (Å²) in [5.74, 6) is -1.03. The molecule has 6 nitrogen and oxygen atoms in total. The fourth-order valence-electron chi connectivity index (χ4n) is 1.55. The second kappa shape index (κ2) is 6.71. The lowest BCUT2D eigenvalue weighted by Crippen LogP contribution is -2.37. The number of thiophene rings is 1. The first-order valence-electron chi connectivity index (χ1n) is 6.30. The molecule has 0 radical (unpaired) electrons. The van der Waals surface area contributed by atoms with Crippen molar-refractivity contribution in [1.82, 2.24) is 5.32 Å². The lowest BCUT2D eigenvalue weighted by molar-refractivity contribution is 0.0697. The molecule has 0 saturated heterocycles. The van der Waals surface area contributed by atoms with E-state index < -0.39 is 18.1 Å². The van der Waals surface area contributed by atoms with Crippen LogP contribution in [-0.4, -0.2) is 34.9 Å². The predicted molar refractivity (Wildman–Crippen MR) is 78.6 cm³/mol. The molecule has 0 fully saturated rings. The van der Waals surface area contributed by atoms with Gasteiger partial charge in [0.25, 0.3) is 0 Å². The average molecular weight is 300 g/mol. The third kappa shape index (κ3) is 3.94. The summed E-state index contributed by atoms with van der Waals surface area (Å²) in [7, 11) is 0. The molecule has 7 heteroatoms. The van der Waals surface area contributed by atoms with E-state index in [-0.39, 0.29) is 18.0 Å². The van der Waals surface area contributed by atoms with Crippen molar-refractivity contribution < 1.29 is 19.8 Å². The van der Waals surface area contributed by atoms with Crippen LogP contribution in [0.15, 0.2) is 0 Å². The number of carbonyl (C=O) groups is 2. The number of hydrogen-bond donors (Lipinski definition) is 4. The smallest absolute Gasteiger partial charge is 0.338 e. The Hall–Kier alpha value is -1.60. The van der Waals surface area contributed by atoms with Crippen LogP contribution in [0.4, 0.5) is 9.80 Å². The number of aromatic carboxylic acids is 1. The van der Waals surface area contributed by atoms with Crippen molar-refractivity contribution in [3.63, 3.8) is 0 Å². The fraction of sp³-hybridized carbons (Fsp3) is 0.538. The number of anilines is 1. The number of amides is 2. The maximum Gasteiger partial charge on any atom is 0.338 e. The number of aryl methyl sites for hydroxylation is 1. The Bertz CT molecular complexity index is 511. The van der Waals surface area contributed by atoms with E-state index >= 15 is 0 Å². The number of urea groups is 1. The topological polar surface area (TPSA) is 98.7 Å². The summed E-state index contributed by atoms with van der Waals surface area (Å²) in [5.41, 5.74) is 0.770. The normalized spacial score (nSPS) is 12.3. The largest absolute Gasteiger partial charge is 0.478 e. The molecule has 0 saturated carbocycles. The van der Waals surface area contributed by atoms with Crippen molar-refractivity contribution in [2.45, 2.75) is 33.8 Å². The number of aliphatic hydroxyl groups excluding tert-OH is 1. The van der Waals surface area contributed by atoms with Gasteiger partial charge in [-0.15, -0.1) is 11.3 Å². The van der Waals surface area contributed by atoms with E-state index in [2.05, 4.69) is 10.6 Å². The summed E-state index contributed by atoms with van der Waals surface area (Å²) in [6.07, 6.45) is -0.633. The standard InChI is InChI=1S/C13H20N2O4S/c1-6(2)9(16)5-14-13(19)15-11-10(12(17)18)7(3)8(4)20-11/h6,9,16H,5H2,1-4H3,(H,17,18)(H2,14,15,19). The molecule has 0 aliphatic carbocycles. The maximum atomic E-state index is 11.7. The molecule has 0 aliphatic rings. The fourth-order valence-corrected chi connectivity index (χ4v) is 2.60. The SMILES string of the molecule is Cc1sc(NC(=O)NCC(O)C(C)C)c(C(=O)O)c1C. The Morgan fingerprint density at radius 3 is 2.40 bits per heavy atom. The van der Waals surface area contributed by atoms with Crippen LogP contribution in [0.3, 0.4) is 0 Å². The van der Waals surface area contributed by atoms with Crippen molar-refractivity contribution in [2.24, 2.45) is 5.92 Å². The molecule has 112 valence electrons. The highest BCUT2D eigenvalue weighted by atomic mass is 32.1. The summed E-state index contributed by atoms with van der Waals surface area (Å²) in [6.45, 7) is 7.33. The summed E-state index contributed by atoms with van der Waals surface area (Å²) >= 11 is 1.22. The quantitative estimate of drug-likeness (QED) is 0.670. The molecule has 4 N–H and O–H groups in total. The first kappa shape index (κ1) is 16.5. The number of nitrogens with one attached hydrogen (secondary N) is 2. The third-order valence-electron chi connectivity index (χ3n) is 3.07. The molecule has 1 aromatic heterocycles. The first-order chi connectivity index (χ1) is 9.23. The summed E-state index contributed by atoms with van der Waals surface area (Å²) in [4.78, 5) is 23.8. The zero-order valence-corrected chi connectivity index (χ0v) is 12.8. The Morgan fingerprint density at radius 1 is 1.30 bits per heavy atom. The zero-order valence-electron chi connectivity index (χ0n) is 12.0. The first-order valence-corrected chi connectivity index (χ1v) is 7.11. The van der Waals surface area contributed by atoms with Gasteiger partial charge in [0.2, 0.25) is 0 Å². The van der Waals surface area contributed by atoms with Gasteiger partial charge in [0.05, 0.1) is 11.7 Å². The van der Waals surface area contributed by atoms with Crippen LogP contribution < -0.4 is 10.6 Å². The van der Waals surface area contributed by atoms with Crippen LogP contribution in [0, 0.1) is 19.8 Å². The maximum absolute atomic E-state index is 11.7. The average Bonchev–Trinajstić information content (AvgIpc) is 2.61. The molecule has 1 atom stereocenters. The van der Waals surface area contributed by atoms with E-state index in [0.717, 1.165) is 4.88 Å². The molecule has 20 heavy (non-hydrogen) atoms. The van der Waals surface area contributed by atoms with Crippen molar-refractivity contribution in [2.75, 3.05) is 11.9 Å². The molecule has 0 aliphatic heterocycles. The molecular weight excluding hydrogens is 280 g/mol. The number of carbonyl (C=O) groups excluding carboxylic acids is 1. The van der Waals surface area contributed by atoms with Gasteiger partial charge in [-0.3, -0.25) is 5.32 Å². The van der Waals surface area contributed by atoms with E-state index in [1.165, 1.54) is 11.3 Å². The van der Waals surface area contributed by atoms with Crippen molar-refractivity contribution in [1.29, 1.82) is 0 Å². The number of carboxylic acid groups (broad SMARTS) is 1. The van der Waals surface area contributed by atoms with Gasteiger partial charge in [-0.05, 0) is 25.3 Å². The lowest BCUT2D eigenvalue weighted by Gasteiger charge is -2.15. The molecule has 1 rings (SSSR count). The van der Waals surface area contributed by atoms with Gasteiger partial charge in [0.1, 0.15) is 5.00 Å². The minimum absolute atomic E-state index is 0.0381. The predicted octanol–water partition coefficient (Wildman–Crippen LogP) is 2.20. The second-order valence-electron chi connectivity index (χ2n) is 4.94. The molecule has 1 heterocycles. The van der Waals surface area contributed by atoms with E-state index in [4.69, 9.17) is 5.11 Å². The Labute approximate surface area is 121 Å². The van der Waals surface area contributed by atoms with Gasteiger partial charge >= 0.3 is 12.0 Å². The van der Waals surface area contributed by atoms with E-state index in [0.29, 0.717) is 10.6 Å². The Morgan fingerprint density at radius 2 is 1.90 bits per heavy atom. The molecule has 1 unspecified atom stereocenters. The van der Waals surface area contributed by atoms with E-state index in [9.17, 15) is 14.7 Å². The highest BCUT2D eigenvalue weighted by molar-refractivity contribution is 7.16. The van der Waals surface area contributed by atoms with Crippen LogP contribution in [-0.2, 0) is 0 Å². The number of rotatable bonds is 5. The van der Waals surface area contributed by atoms with Gasteiger partial charge < -0.3 is 15.5 Å². The Kier molecular flexibility index (Phi) is 5.52. The van der Waals surface area contributed by atoms with Crippen molar-refractivity contribution >= 4 is 28.3 Å². The molecule has 0 aromatic carbocycles. The minimum Gasteiger partial charge on any atom is -0.478 e. The third-order valence-corrected chi connectivity index (χ3v) is 4.19. The van der Waals surface area contributed by atoms with Gasteiger partial charge in [-0.25, -0.2) is 9.59 Å². The van der Waals surface area contributed by atoms with Crippen molar-refractivity contribution in [3.8, 4) is 0 Å². The summed E-state index contributed by atoms with van der Waals surface area (Å²) in [5, 5.41) is 24.1. The second-order valence-corrected chi connectivity index (χ2v) is 6.16. The molecule has 0 bridgehead atoms. The lowest BCUT2D eigenvalue weighted by atomic mass is 10.1. The van der Waals surface area contributed by atoms with Gasteiger partial charge in [-0.2, -0.15) is 0 Å². The highest BCUT2D eigenvalue weighted by Crippen LogP contribution is 2.32. The monoisotopic (exact) mass is 300 g/mol. The molecule has 0 spiro atoms.